The number of amides is 1. The number of halogens is 3. The van der Waals surface area contributed by atoms with Gasteiger partial charge in [-0.05, 0) is 43.3 Å². The molecule has 0 spiro atoms. The molecule has 0 saturated heterocycles. The summed E-state index contributed by atoms with van der Waals surface area (Å²) in [4.78, 5) is 20.9. The average molecular weight is 391 g/mol. The van der Waals surface area contributed by atoms with E-state index in [1.807, 2.05) is 0 Å². The highest BCUT2D eigenvalue weighted by Gasteiger charge is 2.13. The van der Waals surface area contributed by atoms with E-state index >= 15 is 0 Å². The molecule has 0 unspecified atom stereocenters. The molecule has 8 heteroatoms. The molecular formula is C18H13Cl2FN4O. The third kappa shape index (κ3) is 4.28. The molecule has 0 fully saturated rings. The number of carbonyl (C=O) groups excluding carboxylic acids is 1. The van der Waals surface area contributed by atoms with E-state index in [0.717, 1.165) is 0 Å². The van der Waals surface area contributed by atoms with Gasteiger partial charge in [0.15, 0.2) is 0 Å². The summed E-state index contributed by atoms with van der Waals surface area (Å²) in [6.45, 7) is 1.67. The molecule has 5 nitrogen and oxygen atoms in total. The van der Waals surface area contributed by atoms with Crippen LogP contribution in [0, 0.1) is 12.7 Å². The topological polar surface area (TPSA) is 66.9 Å². The Bertz CT molecular complexity index is 964. The van der Waals surface area contributed by atoms with E-state index in [4.69, 9.17) is 23.2 Å². The maximum absolute atomic E-state index is 13.0. The largest absolute Gasteiger partial charge is 0.340 e. The summed E-state index contributed by atoms with van der Waals surface area (Å²) in [5.41, 5.74) is 1.17. The highest BCUT2D eigenvalue weighted by molar-refractivity contribution is 6.44. The first-order chi connectivity index (χ1) is 12.4. The molecule has 0 aliphatic heterocycles. The van der Waals surface area contributed by atoms with Crippen molar-refractivity contribution in [3.63, 3.8) is 0 Å². The Morgan fingerprint density at radius 2 is 1.81 bits per heavy atom. The minimum atomic E-state index is -0.457. The van der Waals surface area contributed by atoms with Gasteiger partial charge in [-0.2, -0.15) is 0 Å². The van der Waals surface area contributed by atoms with Crippen molar-refractivity contribution >= 4 is 46.3 Å². The van der Waals surface area contributed by atoms with Crippen LogP contribution >= 0.6 is 23.2 Å². The maximum atomic E-state index is 13.0. The monoisotopic (exact) mass is 390 g/mol. The number of carbonyl (C=O) groups is 1. The van der Waals surface area contributed by atoms with Crippen molar-refractivity contribution in [2.24, 2.45) is 0 Å². The van der Waals surface area contributed by atoms with Gasteiger partial charge in [-0.3, -0.25) is 4.79 Å². The second kappa shape index (κ2) is 7.68. The fraction of sp³-hybridized carbons (Fsp3) is 0.0556. The van der Waals surface area contributed by atoms with Crippen molar-refractivity contribution in [3.05, 3.63) is 75.9 Å². The lowest BCUT2D eigenvalue weighted by molar-refractivity contribution is 0.102. The lowest BCUT2D eigenvalue weighted by atomic mass is 10.2. The fourth-order valence-corrected chi connectivity index (χ4v) is 2.56. The Hall–Kier alpha value is -2.70. The molecule has 2 N–H and O–H groups in total. The van der Waals surface area contributed by atoms with E-state index in [2.05, 4.69) is 20.6 Å². The minimum absolute atomic E-state index is 0.151. The summed E-state index contributed by atoms with van der Waals surface area (Å²) in [5.74, 6) is 0.0145. The molecule has 0 aliphatic carbocycles. The van der Waals surface area contributed by atoms with Crippen molar-refractivity contribution in [2.75, 3.05) is 10.6 Å². The van der Waals surface area contributed by atoms with Gasteiger partial charge in [-0.1, -0.05) is 29.3 Å². The predicted octanol–water partition coefficient (Wildman–Crippen LogP) is 5.23. The first kappa shape index (κ1) is 18.1. The average Bonchev–Trinajstić information content (AvgIpc) is 2.60. The van der Waals surface area contributed by atoms with E-state index in [9.17, 15) is 9.18 Å². The lowest BCUT2D eigenvalue weighted by Gasteiger charge is -2.10. The van der Waals surface area contributed by atoms with E-state index in [0.29, 0.717) is 28.0 Å². The molecule has 0 radical (unpaired) electrons. The smallest absolute Gasteiger partial charge is 0.274 e. The van der Waals surface area contributed by atoms with E-state index < -0.39 is 5.91 Å². The van der Waals surface area contributed by atoms with Crippen molar-refractivity contribution in [3.8, 4) is 0 Å². The first-order valence-corrected chi connectivity index (χ1v) is 8.31. The third-order valence-corrected chi connectivity index (χ3v) is 4.21. The number of nitrogens with one attached hydrogen (secondary N) is 2. The standard InChI is InChI=1S/C18H13Cl2FN4O/c1-10-22-15(18(26)25-14-4-2-3-13(19)17(14)20)9-16(23-10)24-12-7-5-11(21)6-8-12/h2-9H,1H3,(H,25,26)(H,22,23,24). The summed E-state index contributed by atoms with van der Waals surface area (Å²) in [6, 6.07) is 12.2. The maximum Gasteiger partial charge on any atom is 0.274 e. The fourth-order valence-electron chi connectivity index (χ4n) is 2.22. The van der Waals surface area contributed by atoms with Crippen LogP contribution in [0.1, 0.15) is 16.3 Å². The van der Waals surface area contributed by atoms with E-state index in [1.54, 1.807) is 37.3 Å². The lowest BCUT2D eigenvalue weighted by Crippen LogP contribution is -2.15. The van der Waals surface area contributed by atoms with Crippen LogP contribution in [-0.4, -0.2) is 15.9 Å². The molecule has 2 aromatic carbocycles. The first-order valence-electron chi connectivity index (χ1n) is 7.56. The zero-order chi connectivity index (χ0) is 18.7. The molecule has 0 bridgehead atoms. The van der Waals surface area contributed by atoms with E-state index in [-0.39, 0.29) is 16.5 Å². The zero-order valence-electron chi connectivity index (χ0n) is 13.6. The SMILES string of the molecule is Cc1nc(Nc2ccc(F)cc2)cc(C(=O)Nc2cccc(Cl)c2Cl)n1. The minimum Gasteiger partial charge on any atom is -0.340 e. The number of nitrogens with zero attached hydrogens (tertiary/aromatic N) is 2. The number of rotatable bonds is 4. The molecule has 1 aromatic heterocycles. The van der Waals surface area contributed by atoms with Gasteiger partial charge in [0.2, 0.25) is 0 Å². The van der Waals surface area contributed by atoms with Gasteiger partial charge in [0.1, 0.15) is 23.2 Å². The summed E-state index contributed by atoms with van der Waals surface area (Å²) in [7, 11) is 0. The predicted molar refractivity (Wildman–Crippen MR) is 101 cm³/mol. The van der Waals surface area contributed by atoms with Gasteiger partial charge in [0.05, 0.1) is 15.7 Å². The van der Waals surface area contributed by atoms with E-state index in [1.165, 1.54) is 18.2 Å². The summed E-state index contributed by atoms with van der Waals surface area (Å²) in [6.07, 6.45) is 0. The molecule has 26 heavy (non-hydrogen) atoms. The van der Waals surface area contributed by atoms with Crippen molar-refractivity contribution in [1.82, 2.24) is 9.97 Å². The number of benzene rings is 2. The van der Waals surface area contributed by atoms with Crippen LogP contribution in [0.5, 0.6) is 0 Å². The molecule has 0 atom stereocenters. The summed E-state index contributed by atoms with van der Waals surface area (Å²) >= 11 is 12.0. The number of hydrogen-bond acceptors (Lipinski definition) is 4. The van der Waals surface area contributed by atoms with Gasteiger partial charge in [-0.15, -0.1) is 0 Å². The molecule has 0 saturated carbocycles. The Morgan fingerprint density at radius 3 is 2.54 bits per heavy atom. The zero-order valence-corrected chi connectivity index (χ0v) is 15.1. The van der Waals surface area contributed by atoms with Crippen LogP contribution in [0.3, 0.4) is 0 Å². The van der Waals surface area contributed by atoms with Crippen LogP contribution in [0.15, 0.2) is 48.5 Å². The van der Waals surface area contributed by atoms with Gasteiger partial charge in [0, 0.05) is 11.8 Å². The normalized spacial score (nSPS) is 10.5. The molecule has 1 heterocycles. The van der Waals surface area contributed by atoms with Crippen LogP contribution in [0.25, 0.3) is 0 Å². The molecule has 3 rings (SSSR count). The van der Waals surface area contributed by atoms with Crippen LogP contribution < -0.4 is 10.6 Å². The van der Waals surface area contributed by atoms with Crippen LogP contribution in [-0.2, 0) is 0 Å². The van der Waals surface area contributed by atoms with Crippen molar-refractivity contribution in [2.45, 2.75) is 6.92 Å². The van der Waals surface area contributed by atoms with Crippen LogP contribution in [0.4, 0.5) is 21.6 Å². The highest BCUT2D eigenvalue weighted by Crippen LogP contribution is 2.29. The summed E-state index contributed by atoms with van der Waals surface area (Å²) < 4.78 is 13.0. The molecule has 132 valence electrons. The van der Waals surface area contributed by atoms with Gasteiger partial charge in [0.25, 0.3) is 5.91 Å². The second-order valence-electron chi connectivity index (χ2n) is 5.37. The van der Waals surface area contributed by atoms with Gasteiger partial charge >= 0.3 is 0 Å². The van der Waals surface area contributed by atoms with Crippen molar-refractivity contribution < 1.29 is 9.18 Å². The molecule has 3 aromatic rings. The Morgan fingerprint density at radius 1 is 1.08 bits per heavy atom. The molecular weight excluding hydrogens is 378 g/mol. The molecule has 0 aliphatic rings. The van der Waals surface area contributed by atoms with Gasteiger partial charge < -0.3 is 10.6 Å². The Balaban J connectivity index is 1.83. The number of aryl methyl sites for hydroxylation is 1. The Kier molecular flexibility index (Phi) is 5.35. The van der Waals surface area contributed by atoms with Gasteiger partial charge in [-0.25, -0.2) is 14.4 Å². The molecule has 1 amide bonds. The number of anilines is 3. The highest BCUT2D eigenvalue weighted by atomic mass is 35.5. The quantitative estimate of drug-likeness (QED) is 0.640. The number of aromatic nitrogens is 2. The third-order valence-electron chi connectivity index (χ3n) is 3.39. The van der Waals surface area contributed by atoms with Crippen LogP contribution in [0.2, 0.25) is 10.0 Å². The Labute approximate surface area is 159 Å². The second-order valence-corrected chi connectivity index (χ2v) is 6.16. The number of hydrogen-bond donors (Lipinski definition) is 2. The summed E-state index contributed by atoms with van der Waals surface area (Å²) in [5, 5.41) is 6.26. The van der Waals surface area contributed by atoms with Crippen molar-refractivity contribution in [1.29, 1.82) is 0 Å².